The van der Waals surface area contributed by atoms with Crippen LogP contribution in [0.5, 0.6) is 0 Å². The van der Waals surface area contributed by atoms with E-state index in [-0.39, 0.29) is 5.54 Å². The molecular weight excluding hydrogens is 160 g/mol. The van der Waals surface area contributed by atoms with Crippen molar-refractivity contribution in [1.29, 1.82) is 0 Å². The monoisotopic (exact) mass is 178 g/mol. The van der Waals surface area contributed by atoms with Gasteiger partial charge in [-0.2, -0.15) is 0 Å². The smallest absolute Gasteiger partial charge is 0.0516 e. The minimum Gasteiger partial charge on any atom is -0.271 e. The summed E-state index contributed by atoms with van der Waals surface area (Å²) in [5, 5.41) is 0. The lowest BCUT2D eigenvalue weighted by molar-refractivity contribution is 0.412. The summed E-state index contributed by atoms with van der Waals surface area (Å²) in [6.07, 6.45) is 0. The SMILES string of the molecule is Cc1cccc(C(C)(C)NN)c1C. The summed E-state index contributed by atoms with van der Waals surface area (Å²) < 4.78 is 0. The fourth-order valence-corrected chi connectivity index (χ4v) is 1.51. The zero-order chi connectivity index (χ0) is 10.1. The summed E-state index contributed by atoms with van der Waals surface area (Å²) >= 11 is 0. The molecule has 1 aromatic carbocycles. The number of nitrogens with two attached hydrogens (primary N) is 1. The normalized spacial score (nSPS) is 11.8. The van der Waals surface area contributed by atoms with E-state index in [1.54, 1.807) is 0 Å². The van der Waals surface area contributed by atoms with Crippen molar-refractivity contribution < 1.29 is 0 Å². The van der Waals surface area contributed by atoms with Crippen LogP contribution in [0.2, 0.25) is 0 Å². The maximum absolute atomic E-state index is 5.51. The van der Waals surface area contributed by atoms with Crippen molar-refractivity contribution in [3.8, 4) is 0 Å². The molecule has 0 aromatic heterocycles. The molecule has 2 nitrogen and oxygen atoms in total. The van der Waals surface area contributed by atoms with Gasteiger partial charge in [-0.05, 0) is 44.4 Å². The Kier molecular flexibility index (Phi) is 2.74. The number of hydrogen-bond acceptors (Lipinski definition) is 2. The van der Waals surface area contributed by atoms with Gasteiger partial charge in [-0.3, -0.25) is 11.3 Å². The predicted molar refractivity (Wildman–Crippen MR) is 56.3 cm³/mol. The van der Waals surface area contributed by atoms with Crippen LogP contribution in [0, 0.1) is 13.8 Å². The Labute approximate surface area is 80.1 Å². The molecule has 0 atom stereocenters. The summed E-state index contributed by atoms with van der Waals surface area (Å²) in [6.45, 7) is 8.40. The maximum atomic E-state index is 5.51. The van der Waals surface area contributed by atoms with Gasteiger partial charge in [0.15, 0.2) is 0 Å². The number of hydrazine groups is 1. The molecule has 0 aliphatic heterocycles. The van der Waals surface area contributed by atoms with Crippen LogP contribution in [0.1, 0.15) is 30.5 Å². The van der Waals surface area contributed by atoms with Crippen molar-refractivity contribution >= 4 is 0 Å². The molecule has 0 saturated heterocycles. The van der Waals surface area contributed by atoms with Crippen LogP contribution < -0.4 is 11.3 Å². The third-order valence-corrected chi connectivity index (χ3v) is 2.64. The van der Waals surface area contributed by atoms with Gasteiger partial charge >= 0.3 is 0 Å². The zero-order valence-electron chi connectivity index (χ0n) is 8.81. The molecule has 0 heterocycles. The molecule has 0 spiro atoms. The Bertz CT molecular complexity index is 303. The molecule has 0 aliphatic carbocycles. The Morgan fingerprint density at radius 1 is 1.23 bits per heavy atom. The Morgan fingerprint density at radius 3 is 2.38 bits per heavy atom. The summed E-state index contributed by atoms with van der Waals surface area (Å²) in [5.74, 6) is 5.51. The van der Waals surface area contributed by atoms with E-state index in [4.69, 9.17) is 5.84 Å². The minimum atomic E-state index is -0.157. The van der Waals surface area contributed by atoms with E-state index in [9.17, 15) is 0 Å². The molecule has 0 amide bonds. The second-order valence-electron chi connectivity index (χ2n) is 4.02. The van der Waals surface area contributed by atoms with Crippen LogP contribution >= 0.6 is 0 Å². The van der Waals surface area contributed by atoms with Crippen LogP contribution in [0.4, 0.5) is 0 Å². The van der Waals surface area contributed by atoms with Crippen LogP contribution in [0.3, 0.4) is 0 Å². The number of nitrogens with one attached hydrogen (secondary N) is 1. The van der Waals surface area contributed by atoms with E-state index in [1.165, 1.54) is 16.7 Å². The lowest BCUT2D eigenvalue weighted by Crippen LogP contribution is -2.42. The number of rotatable bonds is 2. The lowest BCUT2D eigenvalue weighted by Gasteiger charge is -2.26. The average Bonchev–Trinajstić information content (AvgIpc) is 2.09. The molecule has 3 N–H and O–H groups in total. The van der Waals surface area contributed by atoms with Crippen LogP contribution in [0.15, 0.2) is 18.2 Å². The number of benzene rings is 1. The average molecular weight is 178 g/mol. The highest BCUT2D eigenvalue weighted by molar-refractivity contribution is 5.37. The molecule has 1 rings (SSSR count). The highest BCUT2D eigenvalue weighted by Crippen LogP contribution is 2.24. The topological polar surface area (TPSA) is 38.0 Å². The third kappa shape index (κ3) is 1.90. The van der Waals surface area contributed by atoms with Gasteiger partial charge in [0.1, 0.15) is 0 Å². The van der Waals surface area contributed by atoms with E-state index < -0.39 is 0 Å². The molecular formula is C11H18N2. The van der Waals surface area contributed by atoms with Gasteiger partial charge in [-0.1, -0.05) is 18.2 Å². The first-order valence-corrected chi connectivity index (χ1v) is 4.53. The number of hydrogen-bond donors (Lipinski definition) is 2. The van der Waals surface area contributed by atoms with Crippen molar-refractivity contribution in [2.75, 3.05) is 0 Å². The summed E-state index contributed by atoms with van der Waals surface area (Å²) in [6, 6.07) is 6.30. The van der Waals surface area contributed by atoms with Crippen molar-refractivity contribution in [3.63, 3.8) is 0 Å². The fraction of sp³-hybridized carbons (Fsp3) is 0.455. The number of aryl methyl sites for hydroxylation is 1. The first-order valence-electron chi connectivity index (χ1n) is 4.53. The second-order valence-corrected chi connectivity index (χ2v) is 4.02. The summed E-state index contributed by atoms with van der Waals surface area (Å²) in [4.78, 5) is 0. The van der Waals surface area contributed by atoms with Crippen molar-refractivity contribution in [1.82, 2.24) is 5.43 Å². The van der Waals surface area contributed by atoms with Gasteiger partial charge in [-0.25, -0.2) is 0 Å². The third-order valence-electron chi connectivity index (χ3n) is 2.64. The fourth-order valence-electron chi connectivity index (χ4n) is 1.51. The molecule has 0 bridgehead atoms. The molecule has 72 valence electrons. The van der Waals surface area contributed by atoms with Crippen LogP contribution in [-0.2, 0) is 5.54 Å². The predicted octanol–water partition coefficient (Wildman–Crippen LogP) is 2.00. The van der Waals surface area contributed by atoms with E-state index >= 15 is 0 Å². The van der Waals surface area contributed by atoms with Crippen LogP contribution in [-0.4, -0.2) is 0 Å². The molecule has 2 heteroatoms. The molecule has 0 radical (unpaired) electrons. The van der Waals surface area contributed by atoms with Gasteiger partial charge in [0, 0.05) is 0 Å². The van der Waals surface area contributed by atoms with Gasteiger partial charge in [0.05, 0.1) is 5.54 Å². The zero-order valence-corrected chi connectivity index (χ0v) is 8.81. The first kappa shape index (κ1) is 10.2. The van der Waals surface area contributed by atoms with Gasteiger partial charge in [0.25, 0.3) is 0 Å². The molecule has 13 heavy (non-hydrogen) atoms. The van der Waals surface area contributed by atoms with Crippen LogP contribution in [0.25, 0.3) is 0 Å². The second kappa shape index (κ2) is 3.48. The first-order chi connectivity index (χ1) is 5.99. The quantitative estimate of drug-likeness (QED) is 0.537. The standard InChI is InChI=1S/C11H18N2/c1-8-6-5-7-10(9(8)2)11(3,4)13-12/h5-7,13H,12H2,1-4H3. The highest BCUT2D eigenvalue weighted by atomic mass is 15.3. The largest absolute Gasteiger partial charge is 0.271 e. The molecule has 0 unspecified atom stereocenters. The van der Waals surface area contributed by atoms with E-state index in [0.717, 1.165) is 0 Å². The lowest BCUT2D eigenvalue weighted by atomic mass is 9.89. The van der Waals surface area contributed by atoms with Gasteiger partial charge in [-0.15, -0.1) is 0 Å². The van der Waals surface area contributed by atoms with Crippen molar-refractivity contribution in [3.05, 3.63) is 34.9 Å². The van der Waals surface area contributed by atoms with E-state index in [1.807, 2.05) is 0 Å². The molecule has 0 saturated carbocycles. The van der Waals surface area contributed by atoms with Gasteiger partial charge < -0.3 is 0 Å². The van der Waals surface area contributed by atoms with Crippen molar-refractivity contribution in [2.45, 2.75) is 33.2 Å². The minimum absolute atomic E-state index is 0.157. The Balaban J connectivity index is 3.22. The van der Waals surface area contributed by atoms with Crippen molar-refractivity contribution in [2.24, 2.45) is 5.84 Å². The molecule has 0 aliphatic rings. The molecule has 1 aromatic rings. The Hall–Kier alpha value is -0.860. The molecule has 0 fully saturated rings. The summed E-state index contributed by atoms with van der Waals surface area (Å²) in [7, 11) is 0. The Morgan fingerprint density at radius 2 is 1.85 bits per heavy atom. The van der Waals surface area contributed by atoms with Gasteiger partial charge in [0.2, 0.25) is 0 Å². The van der Waals surface area contributed by atoms with E-state index in [2.05, 4.69) is 51.3 Å². The highest BCUT2D eigenvalue weighted by Gasteiger charge is 2.20. The van der Waals surface area contributed by atoms with E-state index in [0.29, 0.717) is 0 Å². The summed E-state index contributed by atoms with van der Waals surface area (Å²) in [5.41, 5.74) is 6.55. The maximum Gasteiger partial charge on any atom is 0.0516 e.